The van der Waals surface area contributed by atoms with Crippen molar-refractivity contribution in [1.29, 1.82) is 0 Å². The van der Waals surface area contributed by atoms with Gasteiger partial charge in [-0.25, -0.2) is 4.79 Å². The fraction of sp³-hybridized carbons (Fsp3) is 0.263. The van der Waals surface area contributed by atoms with E-state index in [0.717, 1.165) is 24.2 Å². The van der Waals surface area contributed by atoms with Crippen LogP contribution in [0.5, 0.6) is 0 Å². The summed E-state index contributed by atoms with van der Waals surface area (Å²) in [6, 6.07) is 16.1. The molecule has 5 heteroatoms. The molecule has 0 spiro atoms. The number of nitrogens with one attached hydrogen (secondary N) is 1. The molecule has 0 aromatic heterocycles. The number of carbonyl (C=O) groups excluding carboxylic acids is 1. The quantitative estimate of drug-likeness (QED) is 0.853. The number of carboxylic acid groups (broad SMARTS) is 1. The Morgan fingerprint density at radius 3 is 2.38 bits per heavy atom. The Bertz CT molecular complexity index is 741. The lowest BCUT2D eigenvalue weighted by molar-refractivity contribution is -0.141. The topological polar surface area (TPSA) is 69.6 Å². The average Bonchev–Trinajstić information content (AvgIpc) is 3.41. The molecule has 0 radical (unpaired) electrons. The van der Waals surface area contributed by atoms with Crippen LogP contribution < -0.4 is 5.32 Å². The highest BCUT2D eigenvalue weighted by atomic mass is 16.4. The highest BCUT2D eigenvalue weighted by Crippen LogP contribution is 2.30. The Balaban J connectivity index is 1.82. The summed E-state index contributed by atoms with van der Waals surface area (Å²) in [6.07, 6.45) is 1.73. The van der Waals surface area contributed by atoms with Crippen molar-refractivity contribution in [3.63, 3.8) is 0 Å². The van der Waals surface area contributed by atoms with Crippen molar-refractivity contribution in [2.24, 2.45) is 0 Å². The van der Waals surface area contributed by atoms with Crippen LogP contribution in [-0.4, -0.2) is 34.0 Å². The van der Waals surface area contributed by atoms with Crippen molar-refractivity contribution in [3.05, 3.63) is 60.2 Å². The fourth-order valence-electron chi connectivity index (χ4n) is 2.70. The molecular formula is C19H20N2O3. The summed E-state index contributed by atoms with van der Waals surface area (Å²) in [7, 11) is 0. The molecule has 2 N–H and O–H groups in total. The molecule has 0 saturated heterocycles. The maximum absolute atomic E-state index is 12.8. The van der Waals surface area contributed by atoms with Gasteiger partial charge in [-0.05, 0) is 50.1 Å². The van der Waals surface area contributed by atoms with Crippen LogP contribution in [-0.2, 0) is 4.79 Å². The zero-order chi connectivity index (χ0) is 17.1. The Kier molecular flexibility index (Phi) is 4.51. The third-order valence-corrected chi connectivity index (χ3v) is 4.12. The summed E-state index contributed by atoms with van der Waals surface area (Å²) in [6.45, 7) is 1.56. The number of hydrogen-bond donors (Lipinski definition) is 2. The lowest BCUT2D eigenvalue weighted by Gasteiger charge is -2.26. The molecule has 0 aliphatic heterocycles. The number of amides is 1. The number of rotatable bonds is 6. The molecule has 1 aliphatic rings. The van der Waals surface area contributed by atoms with E-state index in [4.69, 9.17) is 0 Å². The first-order chi connectivity index (χ1) is 11.6. The normalized spacial score (nSPS) is 14.7. The Morgan fingerprint density at radius 2 is 1.75 bits per heavy atom. The highest BCUT2D eigenvalue weighted by Gasteiger charge is 2.38. The highest BCUT2D eigenvalue weighted by molar-refractivity contribution is 5.97. The molecule has 5 nitrogen and oxygen atoms in total. The molecule has 2 aromatic rings. The van der Waals surface area contributed by atoms with Gasteiger partial charge in [0.25, 0.3) is 5.91 Å². The maximum atomic E-state index is 12.8. The van der Waals surface area contributed by atoms with E-state index in [2.05, 4.69) is 5.32 Å². The van der Waals surface area contributed by atoms with Crippen molar-refractivity contribution in [2.45, 2.75) is 31.8 Å². The summed E-state index contributed by atoms with van der Waals surface area (Å²) in [4.78, 5) is 25.6. The predicted molar refractivity (Wildman–Crippen MR) is 92.5 cm³/mol. The lowest BCUT2D eigenvalue weighted by Crippen LogP contribution is -2.44. The molecule has 1 aliphatic carbocycles. The van der Waals surface area contributed by atoms with Crippen LogP contribution in [0, 0.1) is 0 Å². The standard InChI is InChI=1S/C19H20N2O3/c1-13(19(23)24)21(17-10-11-17)18(22)14-6-5-9-16(12-14)20-15-7-3-2-4-8-15/h2-9,12-13,17,20H,10-11H2,1H3,(H,23,24). The van der Waals surface area contributed by atoms with Crippen LogP contribution in [0.2, 0.25) is 0 Å². The van der Waals surface area contributed by atoms with Crippen LogP contribution in [0.25, 0.3) is 0 Å². The molecule has 3 rings (SSSR count). The van der Waals surface area contributed by atoms with Crippen molar-refractivity contribution in [2.75, 3.05) is 5.32 Å². The lowest BCUT2D eigenvalue weighted by atomic mass is 10.1. The van der Waals surface area contributed by atoms with Gasteiger partial charge in [0.15, 0.2) is 0 Å². The van der Waals surface area contributed by atoms with E-state index in [1.54, 1.807) is 25.1 Å². The van der Waals surface area contributed by atoms with Gasteiger partial charge in [-0.1, -0.05) is 24.3 Å². The summed E-state index contributed by atoms with van der Waals surface area (Å²) in [5.74, 6) is -1.21. The minimum Gasteiger partial charge on any atom is -0.480 e. The number of hydrogen-bond acceptors (Lipinski definition) is 3. The smallest absolute Gasteiger partial charge is 0.326 e. The van der Waals surface area contributed by atoms with Crippen LogP contribution >= 0.6 is 0 Å². The van der Waals surface area contributed by atoms with Gasteiger partial charge >= 0.3 is 5.97 Å². The second-order valence-electron chi connectivity index (χ2n) is 6.03. The molecule has 1 unspecified atom stereocenters. The van der Waals surface area contributed by atoms with E-state index in [0.29, 0.717) is 5.56 Å². The first-order valence-electron chi connectivity index (χ1n) is 8.04. The Labute approximate surface area is 140 Å². The maximum Gasteiger partial charge on any atom is 0.326 e. The van der Waals surface area contributed by atoms with E-state index in [1.165, 1.54) is 4.90 Å². The third kappa shape index (κ3) is 3.56. The van der Waals surface area contributed by atoms with E-state index in [1.807, 2.05) is 36.4 Å². The summed E-state index contributed by atoms with van der Waals surface area (Å²) in [5.41, 5.74) is 2.22. The molecule has 0 bridgehead atoms. The second kappa shape index (κ2) is 6.74. The van der Waals surface area contributed by atoms with E-state index < -0.39 is 12.0 Å². The predicted octanol–water partition coefficient (Wildman–Crippen LogP) is 3.51. The Hall–Kier alpha value is -2.82. The minimum atomic E-state index is -0.978. The zero-order valence-corrected chi connectivity index (χ0v) is 13.5. The van der Waals surface area contributed by atoms with Crippen LogP contribution in [0.3, 0.4) is 0 Å². The van der Waals surface area contributed by atoms with Crippen molar-refractivity contribution in [3.8, 4) is 0 Å². The van der Waals surface area contributed by atoms with Crippen molar-refractivity contribution in [1.82, 2.24) is 4.90 Å². The monoisotopic (exact) mass is 324 g/mol. The zero-order valence-electron chi connectivity index (χ0n) is 13.5. The van der Waals surface area contributed by atoms with Gasteiger partial charge < -0.3 is 15.3 Å². The summed E-state index contributed by atoms with van der Waals surface area (Å²) < 4.78 is 0. The molecule has 2 aromatic carbocycles. The molecule has 1 fully saturated rings. The van der Waals surface area contributed by atoms with Gasteiger partial charge in [0, 0.05) is 23.0 Å². The number of carboxylic acids is 1. The van der Waals surface area contributed by atoms with Gasteiger partial charge in [0.1, 0.15) is 6.04 Å². The van der Waals surface area contributed by atoms with Crippen LogP contribution in [0.4, 0.5) is 11.4 Å². The summed E-state index contributed by atoms with van der Waals surface area (Å²) >= 11 is 0. The number of para-hydroxylation sites is 1. The molecule has 1 saturated carbocycles. The first kappa shape index (κ1) is 16.1. The van der Waals surface area contributed by atoms with Crippen molar-refractivity contribution < 1.29 is 14.7 Å². The molecule has 24 heavy (non-hydrogen) atoms. The van der Waals surface area contributed by atoms with Crippen molar-refractivity contribution >= 4 is 23.3 Å². The fourth-order valence-corrected chi connectivity index (χ4v) is 2.70. The van der Waals surface area contributed by atoms with Gasteiger partial charge in [0.2, 0.25) is 0 Å². The average molecular weight is 324 g/mol. The SMILES string of the molecule is CC(C(=O)O)N(C(=O)c1cccc(Nc2ccccc2)c1)C1CC1. The first-order valence-corrected chi connectivity index (χ1v) is 8.04. The molecule has 1 atom stereocenters. The molecular weight excluding hydrogens is 304 g/mol. The second-order valence-corrected chi connectivity index (χ2v) is 6.03. The van der Waals surface area contributed by atoms with E-state index >= 15 is 0 Å². The third-order valence-electron chi connectivity index (χ3n) is 4.12. The number of anilines is 2. The van der Waals surface area contributed by atoms with E-state index in [-0.39, 0.29) is 11.9 Å². The van der Waals surface area contributed by atoms with Crippen LogP contribution in [0.15, 0.2) is 54.6 Å². The van der Waals surface area contributed by atoms with Gasteiger partial charge in [-0.3, -0.25) is 4.79 Å². The van der Waals surface area contributed by atoms with Gasteiger partial charge in [-0.15, -0.1) is 0 Å². The van der Waals surface area contributed by atoms with Gasteiger partial charge in [-0.2, -0.15) is 0 Å². The van der Waals surface area contributed by atoms with Crippen LogP contribution in [0.1, 0.15) is 30.1 Å². The number of benzene rings is 2. The summed E-state index contributed by atoms with van der Waals surface area (Å²) in [5, 5.41) is 12.5. The minimum absolute atomic E-state index is 0.0364. The number of aliphatic carboxylic acids is 1. The molecule has 1 amide bonds. The molecule has 124 valence electrons. The van der Waals surface area contributed by atoms with E-state index in [9.17, 15) is 14.7 Å². The number of carbonyl (C=O) groups is 2. The number of nitrogens with zero attached hydrogens (tertiary/aromatic N) is 1. The van der Waals surface area contributed by atoms with Gasteiger partial charge in [0.05, 0.1) is 0 Å². The Morgan fingerprint density at radius 1 is 1.08 bits per heavy atom. The molecule has 0 heterocycles. The largest absolute Gasteiger partial charge is 0.480 e.